The fourth-order valence-corrected chi connectivity index (χ4v) is 9.23. The van der Waals surface area contributed by atoms with Gasteiger partial charge in [-0.2, -0.15) is 0 Å². The largest absolute Gasteiger partial charge is 0.459 e. The van der Waals surface area contributed by atoms with Gasteiger partial charge >= 0.3 is 6.09 Å². The zero-order valence-electron chi connectivity index (χ0n) is 36.3. The lowest BCUT2D eigenvalue weighted by molar-refractivity contribution is -0.255. The highest BCUT2D eigenvalue weighted by molar-refractivity contribution is 6.03. The molecule has 61 heavy (non-hydrogen) atoms. The Morgan fingerprint density at radius 2 is 1.74 bits per heavy atom. The van der Waals surface area contributed by atoms with Gasteiger partial charge in [0.25, 0.3) is 0 Å². The van der Waals surface area contributed by atoms with Crippen LogP contribution < -0.4 is 9.47 Å². The summed E-state index contributed by atoms with van der Waals surface area (Å²) >= 11 is 0. The van der Waals surface area contributed by atoms with Gasteiger partial charge < -0.3 is 34.0 Å². The van der Waals surface area contributed by atoms with Crippen LogP contribution in [0.15, 0.2) is 102 Å². The molecule has 1 aliphatic heterocycles. The molecule has 0 radical (unpaired) electrons. The minimum Gasteiger partial charge on any atom is -0.459 e. The Kier molecular flexibility index (Phi) is 15.8. The monoisotopic (exact) mass is 836 g/mol. The molecule has 0 bridgehead atoms. The molecule has 0 spiro atoms. The second kappa shape index (κ2) is 21.2. The van der Waals surface area contributed by atoms with Crippen molar-refractivity contribution in [3.8, 4) is 17.2 Å². The zero-order valence-corrected chi connectivity index (χ0v) is 36.3. The number of aldehydes is 1. The molecule has 1 saturated carbocycles. The van der Waals surface area contributed by atoms with Gasteiger partial charge in [0, 0.05) is 43.2 Å². The number of carbonyl (C=O) groups excluding carboxylic acids is 2. The van der Waals surface area contributed by atoms with Crippen LogP contribution in [-0.2, 0) is 20.9 Å². The van der Waals surface area contributed by atoms with Gasteiger partial charge in [0.1, 0.15) is 36.2 Å². The van der Waals surface area contributed by atoms with Crippen LogP contribution in [0.3, 0.4) is 0 Å². The van der Waals surface area contributed by atoms with Crippen LogP contribution in [0.1, 0.15) is 106 Å². The lowest BCUT2D eigenvalue weighted by Crippen LogP contribution is -2.70. The van der Waals surface area contributed by atoms with Crippen molar-refractivity contribution in [1.29, 1.82) is 0 Å². The average molecular weight is 837 g/mol. The Balaban J connectivity index is 1.58. The number of carbonyl (C=O) groups is 2. The van der Waals surface area contributed by atoms with Gasteiger partial charge in [-0.1, -0.05) is 100 Å². The molecule has 6 unspecified atom stereocenters. The van der Waals surface area contributed by atoms with Crippen LogP contribution in [0.4, 0.5) is 4.79 Å². The second-order valence-corrected chi connectivity index (χ2v) is 17.6. The van der Waals surface area contributed by atoms with E-state index in [1.807, 2.05) is 82.3 Å². The second-order valence-electron chi connectivity index (χ2n) is 17.6. The van der Waals surface area contributed by atoms with E-state index in [0.717, 1.165) is 48.7 Å². The molecule has 2 aliphatic carbocycles. The number of oxime groups is 1. The summed E-state index contributed by atoms with van der Waals surface area (Å²) in [5.74, 6) is -0.274. The molecule has 6 rings (SSSR count). The minimum absolute atomic E-state index is 0.0414. The van der Waals surface area contributed by atoms with E-state index in [1.165, 1.54) is 0 Å². The number of ether oxygens (including phenoxy) is 4. The molecule has 11 heteroatoms. The number of allylic oxidation sites excluding steroid dienone is 1. The molecule has 6 atom stereocenters. The third-order valence-corrected chi connectivity index (χ3v) is 11.8. The van der Waals surface area contributed by atoms with E-state index in [1.54, 1.807) is 29.2 Å². The molecule has 2 N–H and O–H groups in total. The summed E-state index contributed by atoms with van der Waals surface area (Å²) in [6.45, 7) is 13.4. The van der Waals surface area contributed by atoms with E-state index < -0.39 is 23.8 Å². The van der Waals surface area contributed by atoms with E-state index in [-0.39, 0.29) is 62.6 Å². The standard InChI is InChI=1S/C50H64N2O9/c1-6-24-52(48(56)57-34-49(3,4)5)45-31-43(51-59-33-35-16-9-8-10-17-35)41-29-37(19-11-13-25-53)40(21-12-14-26-54)46-42-30-39(60-38-20-15-18-36(28-38)32-55)22-23-44(42)61-50(45,47(41)46)58-27-7-2/h7-10,15-18,20,22-23,28-30,32,37,40,45-47,53-54H,2,6,11-14,19,21,24-27,31,33-34H2,1,3-5H3. The number of aliphatic hydroxyl groups excluding tert-OH is 2. The normalized spacial score (nSPS) is 23.5. The van der Waals surface area contributed by atoms with Crippen LogP contribution in [0.5, 0.6) is 17.2 Å². The number of rotatable bonds is 21. The highest BCUT2D eigenvalue weighted by Crippen LogP contribution is 2.62. The van der Waals surface area contributed by atoms with E-state index >= 15 is 0 Å². The molecular weight excluding hydrogens is 773 g/mol. The van der Waals surface area contributed by atoms with Gasteiger partial charge in [-0.25, -0.2) is 4.79 Å². The van der Waals surface area contributed by atoms with Crippen molar-refractivity contribution >= 4 is 18.1 Å². The van der Waals surface area contributed by atoms with Crippen molar-refractivity contribution in [1.82, 2.24) is 4.90 Å². The molecule has 0 aromatic heterocycles. The first-order valence-electron chi connectivity index (χ1n) is 22.0. The molecule has 1 amide bonds. The predicted molar refractivity (Wildman–Crippen MR) is 236 cm³/mol. The van der Waals surface area contributed by atoms with Gasteiger partial charge in [0.05, 0.1) is 24.8 Å². The quantitative estimate of drug-likeness (QED) is 0.0465. The van der Waals surface area contributed by atoms with Gasteiger partial charge in [-0.15, -0.1) is 6.58 Å². The average Bonchev–Trinajstić information content (AvgIpc) is 3.25. The molecule has 1 fully saturated rings. The smallest absolute Gasteiger partial charge is 0.410 e. The number of aliphatic hydroxyl groups is 2. The zero-order chi connectivity index (χ0) is 43.4. The molecule has 0 saturated heterocycles. The number of amides is 1. The maximum Gasteiger partial charge on any atom is 0.410 e. The molecule has 3 aromatic rings. The Bertz CT molecular complexity index is 1990. The van der Waals surface area contributed by atoms with Crippen LogP contribution >= 0.6 is 0 Å². The molecule has 328 valence electrons. The summed E-state index contributed by atoms with van der Waals surface area (Å²) in [6, 6.07) is 22.1. The van der Waals surface area contributed by atoms with Crippen molar-refractivity contribution in [2.75, 3.05) is 33.0 Å². The van der Waals surface area contributed by atoms with Crippen molar-refractivity contribution < 1.29 is 43.6 Å². The van der Waals surface area contributed by atoms with Crippen molar-refractivity contribution in [3.63, 3.8) is 0 Å². The number of nitrogens with zero attached hydrogens (tertiary/aromatic N) is 2. The van der Waals surface area contributed by atoms with Crippen molar-refractivity contribution in [2.45, 2.75) is 103 Å². The Morgan fingerprint density at radius 3 is 2.44 bits per heavy atom. The number of unbranched alkanes of at least 4 members (excludes halogenated alkanes) is 2. The van der Waals surface area contributed by atoms with Crippen molar-refractivity contribution in [3.05, 3.63) is 114 Å². The van der Waals surface area contributed by atoms with Crippen LogP contribution in [0.2, 0.25) is 0 Å². The number of fused-ring (bicyclic) bond motifs is 2. The first-order chi connectivity index (χ1) is 29.5. The molecule has 11 nitrogen and oxygen atoms in total. The first-order valence-corrected chi connectivity index (χ1v) is 22.0. The SMILES string of the molecule is C=CCOC12Oc3ccc(Oc4cccc(C=O)c4)cc3C3C(CCCCO)C(CCCCO)C=C(C(=NOCc4ccccc4)CC1N(CCC)C(=O)OCC(C)(C)C)C32. The fraction of sp³-hybridized carbons (Fsp3) is 0.500. The van der Waals surface area contributed by atoms with Gasteiger partial charge in [0.2, 0.25) is 5.79 Å². The van der Waals surface area contributed by atoms with E-state index in [0.29, 0.717) is 54.3 Å². The fourth-order valence-electron chi connectivity index (χ4n) is 9.23. The van der Waals surface area contributed by atoms with E-state index in [4.69, 9.17) is 28.9 Å². The molecular formula is C50H64N2O9. The number of hydrogen-bond donors (Lipinski definition) is 2. The maximum atomic E-state index is 14.5. The van der Waals surface area contributed by atoms with Crippen LogP contribution in [-0.4, -0.2) is 78.0 Å². The first kappa shape index (κ1) is 45.6. The Hall–Kier alpha value is -4.97. The van der Waals surface area contributed by atoms with Gasteiger partial charge in [-0.05, 0) is 90.8 Å². The van der Waals surface area contributed by atoms with Gasteiger partial charge in [-0.3, -0.25) is 9.69 Å². The minimum atomic E-state index is -1.40. The highest BCUT2D eigenvalue weighted by Gasteiger charge is 2.65. The predicted octanol–water partition coefficient (Wildman–Crippen LogP) is 10.0. The lowest BCUT2D eigenvalue weighted by atomic mass is 9.55. The number of benzene rings is 3. The van der Waals surface area contributed by atoms with Gasteiger partial charge in [0.15, 0.2) is 0 Å². The Labute approximate surface area is 361 Å². The summed E-state index contributed by atoms with van der Waals surface area (Å²) in [7, 11) is 0. The highest BCUT2D eigenvalue weighted by atomic mass is 16.7. The topological polar surface area (TPSA) is 136 Å². The maximum absolute atomic E-state index is 14.5. The molecule has 3 aliphatic rings. The number of hydrogen-bond acceptors (Lipinski definition) is 10. The third-order valence-electron chi connectivity index (χ3n) is 11.8. The summed E-state index contributed by atoms with van der Waals surface area (Å²) in [6.07, 6.45) is 9.87. The Morgan fingerprint density at radius 1 is 0.984 bits per heavy atom. The van der Waals surface area contributed by atoms with E-state index in [2.05, 4.69) is 12.7 Å². The van der Waals surface area contributed by atoms with Crippen molar-refractivity contribution in [2.24, 2.45) is 28.3 Å². The summed E-state index contributed by atoms with van der Waals surface area (Å²) in [4.78, 5) is 34.1. The molecule has 3 aromatic carbocycles. The summed E-state index contributed by atoms with van der Waals surface area (Å²) in [5, 5.41) is 24.8. The summed E-state index contributed by atoms with van der Waals surface area (Å²) < 4.78 is 26.9. The third kappa shape index (κ3) is 10.9. The van der Waals surface area contributed by atoms with E-state index in [9.17, 15) is 19.8 Å². The summed E-state index contributed by atoms with van der Waals surface area (Å²) in [5.41, 5.74) is 3.81. The lowest BCUT2D eigenvalue weighted by Gasteiger charge is -2.60. The van der Waals surface area contributed by atoms with Crippen LogP contribution in [0, 0.1) is 23.2 Å². The van der Waals surface area contributed by atoms with Crippen LogP contribution in [0.25, 0.3) is 0 Å². The molecule has 1 heterocycles.